The lowest BCUT2D eigenvalue weighted by molar-refractivity contribution is 0.0468. The van der Waals surface area contributed by atoms with Crippen LogP contribution in [0.5, 0.6) is 5.75 Å². The first-order chi connectivity index (χ1) is 10.0. The topological polar surface area (TPSA) is 61.5 Å². The third kappa shape index (κ3) is 3.72. The van der Waals surface area contributed by atoms with Crippen LogP contribution in [0.4, 0.5) is 10.1 Å². The monoisotopic (exact) mass is 353 g/mol. The average Bonchev–Trinajstić information content (AvgIpc) is 2.48. The van der Waals surface area contributed by atoms with E-state index in [2.05, 4.69) is 15.9 Å². The highest BCUT2D eigenvalue weighted by Crippen LogP contribution is 2.23. The first-order valence-electron chi connectivity index (χ1n) is 6.06. The molecule has 21 heavy (non-hydrogen) atoms. The number of esters is 1. The van der Waals surface area contributed by atoms with Gasteiger partial charge in [0.25, 0.3) is 0 Å². The van der Waals surface area contributed by atoms with E-state index in [1.54, 1.807) is 18.2 Å². The fourth-order valence-corrected chi connectivity index (χ4v) is 2.13. The quantitative estimate of drug-likeness (QED) is 0.674. The number of rotatable bonds is 4. The summed E-state index contributed by atoms with van der Waals surface area (Å²) >= 11 is 3.24. The number of ether oxygens (including phenoxy) is 2. The minimum atomic E-state index is -0.576. The van der Waals surface area contributed by atoms with E-state index in [1.807, 2.05) is 0 Å². The summed E-state index contributed by atoms with van der Waals surface area (Å²) in [6.07, 6.45) is 0. The number of hydrogen-bond acceptors (Lipinski definition) is 4. The summed E-state index contributed by atoms with van der Waals surface area (Å²) < 4.78 is 24.4. The molecule has 0 radical (unpaired) electrons. The van der Waals surface area contributed by atoms with Gasteiger partial charge in [-0.05, 0) is 36.4 Å². The molecule has 0 aliphatic heterocycles. The molecule has 2 N–H and O–H groups in total. The first-order valence-corrected chi connectivity index (χ1v) is 6.85. The Balaban J connectivity index is 2.10. The SMILES string of the molecule is COc1cc(C(=O)OCc2cc(Br)ccc2F)ccc1N. The first kappa shape index (κ1) is 15.3. The van der Waals surface area contributed by atoms with E-state index in [0.29, 0.717) is 21.5 Å². The van der Waals surface area contributed by atoms with Gasteiger partial charge in [0.15, 0.2) is 0 Å². The van der Waals surface area contributed by atoms with Gasteiger partial charge in [0.05, 0.1) is 18.4 Å². The van der Waals surface area contributed by atoms with Crippen LogP contribution >= 0.6 is 15.9 Å². The van der Waals surface area contributed by atoms with Gasteiger partial charge in [-0.3, -0.25) is 0 Å². The van der Waals surface area contributed by atoms with Crippen molar-refractivity contribution >= 4 is 27.6 Å². The highest BCUT2D eigenvalue weighted by atomic mass is 79.9. The van der Waals surface area contributed by atoms with Crippen LogP contribution in [0.15, 0.2) is 40.9 Å². The van der Waals surface area contributed by atoms with Crippen LogP contribution in [0.2, 0.25) is 0 Å². The van der Waals surface area contributed by atoms with Crippen molar-refractivity contribution in [1.29, 1.82) is 0 Å². The maximum Gasteiger partial charge on any atom is 0.338 e. The Labute approximate surface area is 129 Å². The number of nitrogens with two attached hydrogens (primary N) is 1. The lowest BCUT2D eigenvalue weighted by Crippen LogP contribution is -2.07. The van der Waals surface area contributed by atoms with Crippen LogP contribution in [-0.4, -0.2) is 13.1 Å². The normalized spacial score (nSPS) is 10.2. The number of anilines is 1. The second-order valence-electron chi connectivity index (χ2n) is 4.27. The van der Waals surface area contributed by atoms with Gasteiger partial charge in [-0.15, -0.1) is 0 Å². The van der Waals surface area contributed by atoms with Crippen molar-refractivity contribution in [3.8, 4) is 5.75 Å². The zero-order chi connectivity index (χ0) is 15.4. The number of carbonyl (C=O) groups excluding carboxylic acids is 1. The minimum Gasteiger partial charge on any atom is -0.495 e. The van der Waals surface area contributed by atoms with Crippen molar-refractivity contribution in [2.45, 2.75) is 6.61 Å². The molecule has 0 heterocycles. The van der Waals surface area contributed by atoms with Gasteiger partial charge < -0.3 is 15.2 Å². The molecule has 0 fully saturated rings. The molecule has 2 aromatic carbocycles. The summed E-state index contributed by atoms with van der Waals surface area (Å²) in [5.41, 5.74) is 6.67. The highest BCUT2D eigenvalue weighted by Gasteiger charge is 2.12. The van der Waals surface area contributed by atoms with Crippen LogP contribution in [0.3, 0.4) is 0 Å². The number of nitrogen functional groups attached to an aromatic ring is 1. The van der Waals surface area contributed by atoms with Crippen LogP contribution in [0, 0.1) is 5.82 Å². The summed E-state index contributed by atoms with van der Waals surface area (Å²) in [5.74, 6) is -0.619. The van der Waals surface area contributed by atoms with E-state index < -0.39 is 11.8 Å². The molecule has 110 valence electrons. The van der Waals surface area contributed by atoms with E-state index in [1.165, 1.54) is 25.3 Å². The third-order valence-electron chi connectivity index (χ3n) is 2.84. The zero-order valence-electron chi connectivity index (χ0n) is 11.2. The summed E-state index contributed by atoms with van der Waals surface area (Å²) in [5, 5.41) is 0. The number of hydrogen-bond donors (Lipinski definition) is 1. The smallest absolute Gasteiger partial charge is 0.338 e. The van der Waals surface area contributed by atoms with E-state index >= 15 is 0 Å². The summed E-state index contributed by atoms with van der Waals surface area (Å²) in [7, 11) is 1.46. The van der Waals surface area contributed by atoms with Crippen molar-refractivity contribution in [1.82, 2.24) is 0 Å². The summed E-state index contributed by atoms with van der Waals surface area (Å²) in [6.45, 7) is -0.156. The van der Waals surface area contributed by atoms with E-state index in [-0.39, 0.29) is 12.2 Å². The fourth-order valence-electron chi connectivity index (χ4n) is 1.72. The highest BCUT2D eigenvalue weighted by molar-refractivity contribution is 9.10. The number of methoxy groups -OCH3 is 1. The Morgan fingerprint density at radius 2 is 2.05 bits per heavy atom. The molecule has 0 aliphatic carbocycles. The van der Waals surface area contributed by atoms with Crippen molar-refractivity contribution < 1.29 is 18.7 Å². The molecule has 0 aromatic heterocycles. The van der Waals surface area contributed by atoms with Gasteiger partial charge in [-0.1, -0.05) is 15.9 Å². The maximum atomic E-state index is 13.5. The number of carbonyl (C=O) groups is 1. The predicted molar refractivity (Wildman–Crippen MR) is 80.6 cm³/mol. The van der Waals surface area contributed by atoms with E-state index in [4.69, 9.17) is 15.2 Å². The molecule has 0 saturated carbocycles. The zero-order valence-corrected chi connectivity index (χ0v) is 12.8. The van der Waals surface area contributed by atoms with Gasteiger partial charge in [-0.25, -0.2) is 9.18 Å². The van der Waals surface area contributed by atoms with E-state index in [0.717, 1.165) is 0 Å². The molecule has 0 spiro atoms. The van der Waals surface area contributed by atoms with Crippen LogP contribution in [0.1, 0.15) is 15.9 Å². The molecule has 0 unspecified atom stereocenters. The second kappa shape index (κ2) is 6.58. The van der Waals surface area contributed by atoms with Gasteiger partial charge in [-0.2, -0.15) is 0 Å². The summed E-state index contributed by atoms with van der Waals surface area (Å²) in [6, 6.07) is 9.00. The molecule has 0 aliphatic rings. The fraction of sp³-hybridized carbons (Fsp3) is 0.133. The second-order valence-corrected chi connectivity index (χ2v) is 5.18. The maximum absolute atomic E-state index is 13.5. The molecule has 2 rings (SSSR count). The Hall–Kier alpha value is -2.08. The molecule has 4 nitrogen and oxygen atoms in total. The lowest BCUT2D eigenvalue weighted by Gasteiger charge is -2.09. The van der Waals surface area contributed by atoms with Crippen molar-refractivity contribution in [2.75, 3.05) is 12.8 Å². The van der Waals surface area contributed by atoms with Crippen molar-refractivity contribution in [3.63, 3.8) is 0 Å². The Morgan fingerprint density at radius 3 is 2.76 bits per heavy atom. The Morgan fingerprint density at radius 1 is 1.29 bits per heavy atom. The van der Waals surface area contributed by atoms with Gasteiger partial charge in [0.1, 0.15) is 18.2 Å². The van der Waals surface area contributed by atoms with Crippen LogP contribution in [0.25, 0.3) is 0 Å². The van der Waals surface area contributed by atoms with E-state index in [9.17, 15) is 9.18 Å². The van der Waals surface area contributed by atoms with Crippen LogP contribution in [-0.2, 0) is 11.3 Å². The predicted octanol–water partition coefficient (Wildman–Crippen LogP) is 3.54. The molecule has 0 bridgehead atoms. The standard InChI is InChI=1S/C15H13BrFNO3/c1-20-14-7-9(2-5-13(14)18)15(19)21-8-10-6-11(16)3-4-12(10)17/h2-7H,8,18H2,1H3. The molecular weight excluding hydrogens is 341 g/mol. The van der Waals surface area contributed by atoms with Crippen LogP contribution < -0.4 is 10.5 Å². The Bertz CT molecular complexity index is 676. The number of halogens is 2. The van der Waals surface area contributed by atoms with Crippen molar-refractivity contribution in [3.05, 3.63) is 57.8 Å². The van der Waals surface area contributed by atoms with Gasteiger partial charge in [0.2, 0.25) is 0 Å². The minimum absolute atomic E-state index is 0.156. The average molecular weight is 354 g/mol. The molecule has 0 atom stereocenters. The summed E-state index contributed by atoms with van der Waals surface area (Å²) in [4.78, 5) is 11.9. The molecule has 0 saturated heterocycles. The molecular formula is C15H13BrFNO3. The largest absolute Gasteiger partial charge is 0.495 e. The molecule has 0 amide bonds. The molecule has 6 heteroatoms. The third-order valence-corrected chi connectivity index (χ3v) is 3.33. The van der Waals surface area contributed by atoms with Gasteiger partial charge >= 0.3 is 5.97 Å². The van der Waals surface area contributed by atoms with Gasteiger partial charge in [0, 0.05) is 10.0 Å². The van der Waals surface area contributed by atoms with Crippen molar-refractivity contribution in [2.24, 2.45) is 0 Å². The Kier molecular flexibility index (Phi) is 4.80. The number of benzene rings is 2. The molecule has 2 aromatic rings. The lowest BCUT2D eigenvalue weighted by atomic mass is 10.2.